The first-order chi connectivity index (χ1) is 11.5. The molecule has 1 saturated heterocycles. The predicted molar refractivity (Wildman–Crippen MR) is 94.9 cm³/mol. The quantitative estimate of drug-likeness (QED) is 0.490. The van der Waals surface area contributed by atoms with Crippen molar-refractivity contribution >= 4 is 29.4 Å². The Hall–Kier alpha value is -2.23. The number of amides is 1. The summed E-state index contributed by atoms with van der Waals surface area (Å²) in [5, 5.41) is 6.84. The van der Waals surface area contributed by atoms with Gasteiger partial charge in [0, 0.05) is 35.3 Å². The Morgan fingerprint density at radius 2 is 1.83 bits per heavy atom. The van der Waals surface area contributed by atoms with E-state index in [2.05, 4.69) is 10.6 Å². The summed E-state index contributed by atoms with van der Waals surface area (Å²) in [7, 11) is -1.52. The molecule has 0 aromatic heterocycles. The number of rotatable bonds is 5. The Labute approximate surface area is 140 Å². The van der Waals surface area contributed by atoms with Gasteiger partial charge in [0.05, 0.1) is 5.78 Å². The van der Waals surface area contributed by atoms with E-state index in [0.717, 1.165) is 0 Å². The van der Waals surface area contributed by atoms with E-state index >= 15 is 0 Å². The van der Waals surface area contributed by atoms with Gasteiger partial charge in [-0.3, -0.25) is 9.59 Å². The Bertz CT molecular complexity index is 845. The lowest BCUT2D eigenvalue weighted by Crippen LogP contribution is -2.27. The highest BCUT2D eigenvalue weighted by molar-refractivity contribution is 7.79. The number of carbonyl (C=O) groups excluding carboxylic acids is 2. The predicted octanol–water partition coefficient (Wildman–Crippen LogP) is 1.49. The van der Waals surface area contributed by atoms with Gasteiger partial charge in [0.15, 0.2) is 12.9 Å². The van der Waals surface area contributed by atoms with Crippen molar-refractivity contribution in [1.29, 1.82) is 0 Å². The molecule has 0 spiro atoms. The van der Waals surface area contributed by atoms with Gasteiger partial charge in [-0.1, -0.05) is 30.3 Å². The van der Waals surface area contributed by atoms with Gasteiger partial charge in [-0.05, 0) is 25.1 Å². The van der Waals surface area contributed by atoms with Gasteiger partial charge < -0.3 is 15.2 Å². The van der Waals surface area contributed by atoms with E-state index in [4.69, 9.17) is 0 Å². The molecule has 24 heavy (non-hydrogen) atoms. The van der Waals surface area contributed by atoms with E-state index < -0.39 is 7.14 Å². The maximum absolute atomic E-state index is 14.0. The third kappa shape index (κ3) is 2.81. The van der Waals surface area contributed by atoms with Crippen LogP contribution < -0.4 is 21.2 Å². The minimum Gasteiger partial charge on any atom is -0.355 e. The fraction of sp³-hybridized carbons (Fsp3) is 0.222. The third-order valence-electron chi connectivity index (χ3n) is 4.19. The highest BCUT2D eigenvalue weighted by Gasteiger charge is 2.45. The zero-order valence-corrected chi connectivity index (χ0v) is 14.5. The maximum atomic E-state index is 14.0. The van der Waals surface area contributed by atoms with Gasteiger partial charge in [-0.2, -0.15) is 0 Å². The molecule has 2 atom stereocenters. The minimum atomic E-state index is -3.07. The van der Waals surface area contributed by atoms with Gasteiger partial charge in [0.1, 0.15) is 0 Å². The molecule has 0 bridgehead atoms. The van der Waals surface area contributed by atoms with Gasteiger partial charge in [-0.15, -0.1) is 0 Å². The summed E-state index contributed by atoms with van der Waals surface area (Å²) in [5.41, 5.74) is 0.804. The summed E-state index contributed by atoms with van der Waals surface area (Å²) in [6.07, 6.45) is 0. The Morgan fingerprint density at radius 1 is 1.17 bits per heavy atom. The van der Waals surface area contributed by atoms with Crippen molar-refractivity contribution in [1.82, 2.24) is 10.6 Å². The van der Waals surface area contributed by atoms with Crippen LogP contribution in [0.1, 0.15) is 27.6 Å². The van der Waals surface area contributed by atoms with Gasteiger partial charge in [-0.25, -0.2) is 0 Å². The zero-order valence-electron chi connectivity index (χ0n) is 13.6. The Morgan fingerprint density at radius 3 is 2.38 bits per heavy atom. The van der Waals surface area contributed by atoms with E-state index in [1.807, 2.05) is 30.3 Å². The molecule has 1 amide bonds. The molecule has 6 heteroatoms. The zero-order chi connectivity index (χ0) is 17.3. The summed E-state index contributed by atoms with van der Waals surface area (Å²) < 4.78 is 14.0. The smallest absolute Gasteiger partial charge is 0.251 e. The number of carbonyl (C=O) groups is 2. The van der Waals surface area contributed by atoms with Gasteiger partial charge in [0.2, 0.25) is 0 Å². The van der Waals surface area contributed by atoms with Crippen LogP contribution in [0.5, 0.6) is 0 Å². The summed E-state index contributed by atoms with van der Waals surface area (Å²) in [6, 6.07) is 14.0. The molecule has 2 aromatic carbocycles. The van der Waals surface area contributed by atoms with Crippen LogP contribution >= 0.6 is 7.14 Å². The number of Topliss-reactive ketones (excluding diaryl/α,β-unsaturated/α-hetero) is 1. The van der Waals surface area contributed by atoms with Gasteiger partial charge in [0.25, 0.3) is 5.91 Å². The first-order valence-electron chi connectivity index (χ1n) is 7.75. The van der Waals surface area contributed by atoms with Crippen LogP contribution in [0.25, 0.3) is 0 Å². The van der Waals surface area contributed by atoms with E-state index in [1.54, 1.807) is 25.2 Å². The molecule has 2 aromatic rings. The minimum absolute atomic E-state index is 0.162. The largest absolute Gasteiger partial charge is 0.355 e. The number of hydrogen-bond acceptors (Lipinski definition) is 4. The monoisotopic (exact) mass is 342 g/mol. The molecule has 1 aliphatic rings. The van der Waals surface area contributed by atoms with Crippen molar-refractivity contribution in [2.45, 2.75) is 12.7 Å². The van der Waals surface area contributed by atoms with Crippen molar-refractivity contribution in [3.8, 4) is 0 Å². The highest BCUT2D eigenvalue weighted by Crippen LogP contribution is 2.52. The van der Waals surface area contributed by atoms with E-state index in [1.165, 1.54) is 6.92 Å². The lowest BCUT2D eigenvalue weighted by molar-refractivity contribution is 0.0960. The van der Waals surface area contributed by atoms with Crippen LogP contribution in [0.3, 0.4) is 0 Å². The molecule has 2 unspecified atom stereocenters. The van der Waals surface area contributed by atoms with Crippen LogP contribution in [0.2, 0.25) is 0 Å². The number of ketones is 1. The van der Waals surface area contributed by atoms with Crippen LogP contribution in [0, 0.1) is 0 Å². The second-order valence-corrected chi connectivity index (χ2v) is 8.72. The molecule has 2 N–H and O–H groups in total. The molecule has 5 nitrogen and oxygen atoms in total. The molecule has 1 fully saturated rings. The fourth-order valence-electron chi connectivity index (χ4n) is 2.84. The standard InChI is InChI=1S/C18H19N2O3P/c1-12(21)15-9-8-13(18(22)19-2)10-16(15)24(23,17-11-20-17)14-6-4-3-5-7-14/h3-10,17,20H,11H2,1-2H3,(H,19,22). The molecule has 3 rings (SSSR count). The van der Waals surface area contributed by atoms with Crippen LogP contribution in [-0.4, -0.2) is 31.1 Å². The topological polar surface area (TPSA) is 85.2 Å². The molecule has 0 aliphatic carbocycles. The second-order valence-electron chi connectivity index (χ2n) is 5.78. The van der Waals surface area contributed by atoms with Crippen molar-refractivity contribution in [2.75, 3.05) is 13.6 Å². The Kier molecular flexibility index (Phi) is 4.39. The number of benzene rings is 2. The van der Waals surface area contributed by atoms with E-state index in [0.29, 0.717) is 28.3 Å². The first-order valence-corrected chi connectivity index (χ1v) is 9.52. The second kappa shape index (κ2) is 6.34. The van der Waals surface area contributed by atoms with Crippen LogP contribution in [-0.2, 0) is 4.57 Å². The SMILES string of the molecule is CNC(=O)c1ccc(C(C)=O)c(P(=O)(c2ccccc2)C2CN2)c1. The number of nitrogens with one attached hydrogen (secondary N) is 2. The maximum Gasteiger partial charge on any atom is 0.251 e. The summed E-state index contributed by atoms with van der Waals surface area (Å²) >= 11 is 0. The van der Waals surface area contributed by atoms with Crippen LogP contribution in [0.15, 0.2) is 48.5 Å². The van der Waals surface area contributed by atoms with Crippen molar-refractivity contribution in [3.05, 3.63) is 59.7 Å². The number of hydrogen-bond donors (Lipinski definition) is 2. The lowest BCUT2D eigenvalue weighted by Gasteiger charge is -2.21. The van der Waals surface area contributed by atoms with Gasteiger partial charge >= 0.3 is 0 Å². The molecule has 0 saturated carbocycles. The molecule has 1 heterocycles. The molecular weight excluding hydrogens is 323 g/mol. The average Bonchev–Trinajstić information content (AvgIpc) is 3.46. The molecule has 124 valence electrons. The summed E-state index contributed by atoms with van der Waals surface area (Å²) in [4.78, 5) is 24.1. The normalized spacial score (nSPS) is 18.5. The van der Waals surface area contributed by atoms with Crippen molar-refractivity contribution in [2.24, 2.45) is 0 Å². The van der Waals surface area contributed by atoms with Crippen molar-refractivity contribution in [3.63, 3.8) is 0 Å². The molecule has 1 aliphatic heterocycles. The summed E-state index contributed by atoms with van der Waals surface area (Å²) in [5.74, 6) is -0.627. The van der Waals surface area contributed by atoms with E-state index in [-0.39, 0.29) is 17.5 Å². The van der Waals surface area contributed by atoms with Crippen LogP contribution in [0.4, 0.5) is 0 Å². The third-order valence-corrected chi connectivity index (χ3v) is 7.58. The molecule has 0 radical (unpaired) electrons. The van der Waals surface area contributed by atoms with Crippen molar-refractivity contribution < 1.29 is 14.2 Å². The highest BCUT2D eigenvalue weighted by atomic mass is 31.2. The Balaban J connectivity index is 2.26. The molecular formula is C18H19N2O3P. The van der Waals surface area contributed by atoms with E-state index in [9.17, 15) is 14.2 Å². The first kappa shape index (κ1) is 16.6. The summed E-state index contributed by atoms with van der Waals surface area (Å²) in [6.45, 7) is 2.09. The fourth-order valence-corrected chi connectivity index (χ4v) is 5.97. The lowest BCUT2D eigenvalue weighted by atomic mass is 10.1. The average molecular weight is 342 g/mol.